The summed E-state index contributed by atoms with van der Waals surface area (Å²) in [5, 5.41) is 19.4. The molecule has 1 N–H and O–H groups in total. The van der Waals surface area contributed by atoms with Crippen molar-refractivity contribution >= 4 is 34.8 Å². The minimum absolute atomic E-state index is 0.0302. The Morgan fingerprint density at radius 3 is 2.44 bits per heavy atom. The Morgan fingerprint density at radius 2 is 1.85 bits per heavy atom. The summed E-state index contributed by atoms with van der Waals surface area (Å²) in [4.78, 5) is 34.5. The average molecular weight is 384 g/mol. The molecular weight excluding hydrogens is 372 g/mol. The molecule has 0 saturated heterocycles. The second-order valence-corrected chi connectivity index (χ2v) is 5.95. The molecule has 2 aromatic carbocycles. The lowest BCUT2D eigenvalue weighted by atomic mass is 10.1. The molecule has 0 aliphatic heterocycles. The van der Waals surface area contributed by atoms with Gasteiger partial charge in [0.25, 0.3) is 11.6 Å². The molecule has 0 spiro atoms. The first-order valence-corrected chi connectivity index (χ1v) is 8.38. The van der Waals surface area contributed by atoms with Gasteiger partial charge in [-0.25, -0.2) is 4.79 Å². The quantitative estimate of drug-likeness (QED) is 0.407. The number of non-ortho nitro benzene ring substituents is 1. The molecule has 3 aromatic rings. The molecule has 0 radical (unpaired) electrons. The Kier molecular flexibility index (Phi) is 5.18. The van der Waals surface area contributed by atoms with Gasteiger partial charge in [-0.15, -0.1) is 5.10 Å². The van der Waals surface area contributed by atoms with Crippen molar-refractivity contribution in [1.29, 1.82) is 0 Å². The number of ether oxygens (including phenoxy) is 1. The van der Waals surface area contributed by atoms with Gasteiger partial charge in [0.15, 0.2) is 0 Å². The van der Waals surface area contributed by atoms with Gasteiger partial charge in [0.05, 0.1) is 17.6 Å². The third-order valence-electron chi connectivity index (χ3n) is 3.61. The largest absolute Gasteiger partial charge is 0.465 e. The third kappa shape index (κ3) is 4.12. The lowest BCUT2D eigenvalue weighted by Crippen LogP contribution is -2.14. The van der Waals surface area contributed by atoms with Gasteiger partial charge in [-0.1, -0.05) is 16.6 Å². The van der Waals surface area contributed by atoms with Crippen molar-refractivity contribution in [3.8, 4) is 11.3 Å². The van der Waals surface area contributed by atoms with E-state index in [2.05, 4.69) is 19.6 Å². The molecule has 136 valence electrons. The maximum absolute atomic E-state index is 12.5. The highest BCUT2D eigenvalue weighted by Crippen LogP contribution is 2.22. The lowest BCUT2D eigenvalue weighted by molar-refractivity contribution is -0.384. The van der Waals surface area contributed by atoms with E-state index in [1.807, 2.05) is 0 Å². The number of methoxy groups -OCH3 is 1. The Balaban J connectivity index is 1.84. The predicted molar refractivity (Wildman–Crippen MR) is 97.7 cm³/mol. The van der Waals surface area contributed by atoms with Crippen molar-refractivity contribution in [2.45, 2.75) is 0 Å². The third-order valence-corrected chi connectivity index (χ3v) is 4.12. The molecule has 0 fully saturated rings. The number of anilines is 1. The smallest absolute Gasteiger partial charge is 0.338 e. The van der Waals surface area contributed by atoms with Crippen LogP contribution in [0.4, 0.5) is 11.4 Å². The van der Waals surface area contributed by atoms with E-state index in [-0.39, 0.29) is 16.8 Å². The standard InChI is InChI=1S/C17H12N4O5S/c1-26-17(23)12-6-11(7-14(8-12)21(24)25)16(22)18-13-4-2-10(3-5-13)15-9-27-20-19-15/h2-9H,1H3,(H,18,22). The summed E-state index contributed by atoms with van der Waals surface area (Å²) in [6, 6.07) is 10.3. The zero-order valence-corrected chi connectivity index (χ0v) is 14.7. The molecule has 10 heteroatoms. The van der Waals surface area contributed by atoms with Gasteiger partial charge in [-0.05, 0) is 29.7 Å². The van der Waals surface area contributed by atoms with E-state index >= 15 is 0 Å². The number of hydrogen-bond acceptors (Lipinski definition) is 8. The van der Waals surface area contributed by atoms with Crippen LogP contribution in [0.2, 0.25) is 0 Å². The van der Waals surface area contributed by atoms with Crippen LogP contribution in [-0.2, 0) is 4.74 Å². The van der Waals surface area contributed by atoms with Crippen LogP contribution in [0, 0.1) is 10.1 Å². The maximum Gasteiger partial charge on any atom is 0.338 e. The minimum atomic E-state index is -0.769. The number of nitrogens with zero attached hydrogens (tertiary/aromatic N) is 3. The summed E-state index contributed by atoms with van der Waals surface area (Å²) < 4.78 is 8.36. The summed E-state index contributed by atoms with van der Waals surface area (Å²) in [6.07, 6.45) is 0. The van der Waals surface area contributed by atoms with Crippen LogP contribution in [0.25, 0.3) is 11.3 Å². The molecule has 9 nitrogen and oxygen atoms in total. The number of aromatic nitrogens is 2. The molecule has 0 unspecified atom stereocenters. The predicted octanol–water partition coefficient (Wildman–Crippen LogP) is 3.15. The molecule has 0 atom stereocenters. The highest BCUT2D eigenvalue weighted by molar-refractivity contribution is 7.03. The van der Waals surface area contributed by atoms with Crippen LogP contribution >= 0.6 is 11.5 Å². The van der Waals surface area contributed by atoms with E-state index in [9.17, 15) is 19.7 Å². The normalized spacial score (nSPS) is 10.3. The van der Waals surface area contributed by atoms with Crippen LogP contribution in [0.1, 0.15) is 20.7 Å². The number of rotatable bonds is 5. The van der Waals surface area contributed by atoms with Crippen molar-refractivity contribution in [2.24, 2.45) is 0 Å². The summed E-state index contributed by atoms with van der Waals surface area (Å²) >= 11 is 1.23. The summed E-state index contributed by atoms with van der Waals surface area (Å²) in [5.74, 6) is -1.36. The Labute approximate surface area is 156 Å². The Bertz CT molecular complexity index is 1000. The van der Waals surface area contributed by atoms with Crippen LogP contribution in [0.15, 0.2) is 47.8 Å². The molecule has 0 saturated carbocycles. The van der Waals surface area contributed by atoms with E-state index in [1.54, 1.807) is 29.6 Å². The first-order valence-electron chi connectivity index (χ1n) is 7.54. The van der Waals surface area contributed by atoms with Crippen molar-refractivity contribution in [1.82, 2.24) is 9.59 Å². The van der Waals surface area contributed by atoms with Crippen LogP contribution in [0.3, 0.4) is 0 Å². The van der Waals surface area contributed by atoms with Gasteiger partial charge < -0.3 is 10.1 Å². The Morgan fingerprint density at radius 1 is 1.15 bits per heavy atom. The second kappa shape index (κ2) is 7.70. The van der Waals surface area contributed by atoms with E-state index in [1.165, 1.54) is 17.6 Å². The SMILES string of the molecule is COC(=O)c1cc(C(=O)Nc2ccc(-c3csnn3)cc2)cc([N+](=O)[O-])c1. The van der Waals surface area contributed by atoms with Gasteiger partial charge in [0.2, 0.25) is 0 Å². The molecule has 0 aliphatic carbocycles. The van der Waals surface area contributed by atoms with E-state index in [4.69, 9.17) is 0 Å². The van der Waals surface area contributed by atoms with Gasteiger partial charge in [0.1, 0.15) is 5.69 Å². The van der Waals surface area contributed by atoms with Crippen LogP contribution in [0.5, 0.6) is 0 Å². The lowest BCUT2D eigenvalue weighted by Gasteiger charge is -2.07. The molecule has 1 heterocycles. The fourth-order valence-corrected chi connectivity index (χ4v) is 2.77. The molecule has 3 rings (SSSR count). The number of nitro benzene ring substituents is 1. The van der Waals surface area contributed by atoms with E-state index < -0.39 is 16.8 Å². The number of hydrogen-bond donors (Lipinski definition) is 1. The van der Waals surface area contributed by atoms with Gasteiger partial charge >= 0.3 is 5.97 Å². The fourth-order valence-electron chi connectivity index (χ4n) is 2.30. The number of esters is 1. The number of nitro groups is 1. The molecule has 1 aromatic heterocycles. The van der Waals surface area contributed by atoms with Crippen molar-refractivity contribution in [3.05, 3.63) is 69.1 Å². The summed E-state index contributed by atoms with van der Waals surface area (Å²) in [6.45, 7) is 0. The average Bonchev–Trinajstić information content (AvgIpc) is 3.22. The first kappa shape index (κ1) is 18.1. The van der Waals surface area contributed by atoms with Crippen molar-refractivity contribution < 1.29 is 19.2 Å². The first-order chi connectivity index (χ1) is 13.0. The van der Waals surface area contributed by atoms with Gasteiger partial charge in [0, 0.05) is 34.3 Å². The topological polar surface area (TPSA) is 124 Å². The maximum atomic E-state index is 12.5. The van der Waals surface area contributed by atoms with Crippen LogP contribution < -0.4 is 5.32 Å². The summed E-state index contributed by atoms with van der Waals surface area (Å²) in [5.41, 5.74) is 1.55. The highest BCUT2D eigenvalue weighted by Gasteiger charge is 2.18. The number of carbonyl (C=O) groups excluding carboxylic acids is 2. The van der Waals surface area contributed by atoms with Crippen molar-refractivity contribution in [2.75, 3.05) is 12.4 Å². The van der Waals surface area contributed by atoms with E-state index in [0.717, 1.165) is 30.5 Å². The highest BCUT2D eigenvalue weighted by atomic mass is 32.1. The minimum Gasteiger partial charge on any atom is -0.465 e. The Hall–Kier alpha value is -3.66. The number of carbonyl (C=O) groups is 2. The molecular formula is C17H12N4O5S. The summed E-state index contributed by atoms with van der Waals surface area (Å²) in [7, 11) is 1.15. The number of benzene rings is 2. The van der Waals surface area contributed by atoms with Gasteiger partial charge in [-0.3, -0.25) is 14.9 Å². The molecule has 1 amide bonds. The van der Waals surface area contributed by atoms with Crippen LogP contribution in [-0.4, -0.2) is 33.5 Å². The number of amides is 1. The molecule has 0 bridgehead atoms. The zero-order valence-electron chi connectivity index (χ0n) is 13.9. The fraction of sp³-hybridized carbons (Fsp3) is 0.0588. The van der Waals surface area contributed by atoms with Crippen molar-refractivity contribution in [3.63, 3.8) is 0 Å². The monoisotopic (exact) mass is 384 g/mol. The second-order valence-electron chi connectivity index (χ2n) is 5.34. The molecule has 0 aliphatic rings. The zero-order chi connectivity index (χ0) is 19.4. The number of nitrogens with one attached hydrogen (secondary N) is 1. The molecule has 27 heavy (non-hydrogen) atoms. The van der Waals surface area contributed by atoms with Gasteiger partial charge in [-0.2, -0.15) is 0 Å². The van der Waals surface area contributed by atoms with E-state index in [0.29, 0.717) is 5.69 Å².